The van der Waals surface area contributed by atoms with Crippen molar-refractivity contribution >= 4 is 85.5 Å². The number of aliphatic carboxylic acids is 1. The lowest BCUT2D eigenvalue weighted by Gasteiger charge is -2.32. The number of Topliss-reactive ketones (excluding diaryl/α,β-unsaturated/α-hetero) is 1. The van der Waals surface area contributed by atoms with E-state index < -0.39 is 108 Å². The van der Waals surface area contributed by atoms with Crippen LogP contribution < -0.4 is 43.4 Å². The Balaban J connectivity index is 1.45. The minimum absolute atomic E-state index is 0.0930. The first-order valence-electron chi connectivity index (χ1n) is 25.9. The van der Waals surface area contributed by atoms with Gasteiger partial charge in [-0.15, -0.1) is 0 Å². The summed E-state index contributed by atoms with van der Waals surface area (Å²) >= 11 is 0. The molecule has 6 rings (SSSR count). The van der Waals surface area contributed by atoms with Gasteiger partial charge in [-0.25, -0.2) is 4.79 Å². The van der Waals surface area contributed by atoms with Crippen molar-refractivity contribution in [1.29, 1.82) is 0 Å². The van der Waals surface area contributed by atoms with Gasteiger partial charge in [0.1, 0.15) is 35.8 Å². The number of nitrogens with two attached hydrogens (primary N) is 2. The van der Waals surface area contributed by atoms with Crippen molar-refractivity contribution in [1.82, 2.24) is 36.8 Å². The molecule has 23 heteroatoms. The summed E-state index contributed by atoms with van der Waals surface area (Å²) in [6.45, 7) is 1.33. The van der Waals surface area contributed by atoms with Gasteiger partial charge < -0.3 is 63.6 Å². The monoisotopic (exact) mass is 1130 g/mol. The molecule has 0 aromatic heterocycles. The van der Waals surface area contributed by atoms with E-state index in [2.05, 4.69) is 31.9 Å². The molecular formula is C57H67N9O12S2. The van der Waals surface area contributed by atoms with Crippen molar-refractivity contribution < 1.29 is 58.5 Å². The number of benzene rings is 5. The SMILES string of the molecule is C[C@@H](O)[C@@H]1C(=O)N[C@@H](Cc2ccccc2)C(=O)N[C@H](C(=O)O)CSSC[C@H](N)C(=O)N[C@@H](Cc2ccccc2)C(=O)N[C@@H](Cc2ccc(O)cc2)C(=O)N[C@H](N(C)C(=O)c2ccc3ccccc3c2)C(=O)N[C@@H](CCCCN)C1=O. The molecule has 0 bridgehead atoms. The number of phenolic OH excluding ortho intramolecular Hbond substituents is 1. The summed E-state index contributed by atoms with van der Waals surface area (Å²) in [6.07, 6.45) is -3.88. The highest BCUT2D eigenvalue weighted by atomic mass is 33.1. The third-order valence-electron chi connectivity index (χ3n) is 13.3. The van der Waals surface area contributed by atoms with Crippen LogP contribution in [0.25, 0.3) is 10.8 Å². The number of hydrogen-bond donors (Lipinski definition) is 11. The van der Waals surface area contributed by atoms with E-state index in [0.29, 0.717) is 28.5 Å². The summed E-state index contributed by atoms with van der Waals surface area (Å²) in [5, 5.41) is 48.7. The van der Waals surface area contributed by atoms with Gasteiger partial charge >= 0.3 is 5.97 Å². The number of unbranched alkanes of at least 4 members (excludes halogenated alkanes) is 1. The van der Waals surface area contributed by atoms with Gasteiger partial charge in [0.05, 0.1) is 18.2 Å². The van der Waals surface area contributed by atoms with Crippen molar-refractivity contribution in [2.75, 3.05) is 25.1 Å². The van der Waals surface area contributed by atoms with Crippen molar-refractivity contribution in [2.24, 2.45) is 17.4 Å². The van der Waals surface area contributed by atoms with Gasteiger partial charge in [-0.1, -0.05) is 125 Å². The number of aliphatic hydroxyl groups is 1. The summed E-state index contributed by atoms with van der Waals surface area (Å²) in [7, 11) is 3.23. The summed E-state index contributed by atoms with van der Waals surface area (Å²) in [5.41, 5.74) is 13.9. The molecule has 1 aliphatic rings. The molecule has 13 N–H and O–H groups in total. The molecule has 9 atom stereocenters. The first-order valence-corrected chi connectivity index (χ1v) is 28.4. The van der Waals surface area contributed by atoms with E-state index in [1.807, 2.05) is 12.1 Å². The third kappa shape index (κ3) is 17.6. The van der Waals surface area contributed by atoms with E-state index in [-0.39, 0.29) is 61.5 Å². The lowest BCUT2D eigenvalue weighted by atomic mass is 9.89. The molecule has 0 spiro atoms. The predicted molar refractivity (Wildman–Crippen MR) is 303 cm³/mol. The zero-order valence-electron chi connectivity index (χ0n) is 44.1. The average molecular weight is 1130 g/mol. The van der Waals surface area contributed by atoms with Crippen LogP contribution >= 0.6 is 21.6 Å². The molecule has 5 aromatic carbocycles. The molecule has 0 radical (unpaired) electrons. The number of aliphatic hydroxyl groups excluding tert-OH is 1. The first kappa shape index (κ1) is 61.4. The Morgan fingerprint density at radius 1 is 0.600 bits per heavy atom. The lowest BCUT2D eigenvalue weighted by molar-refractivity contribution is -0.144. The van der Waals surface area contributed by atoms with Crippen molar-refractivity contribution in [2.45, 2.75) is 94.0 Å². The van der Waals surface area contributed by atoms with Crippen LogP contribution in [0, 0.1) is 5.92 Å². The average Bonchev–Trinajstić information content (AvgIpc) is 3.46. The predicted octanol–water partition coefficient (Wildman–Crippen LogP) is 1.71. The van der Waals surface area contributed by atoms with E-state index in [0.717, 1.165) is 31.9 Å². The van der Waals surface area contributed by atoms with Crippen molar-refractivity contribution in [3.05, 3.63) is 150 Å². The number of likely N-dealkylation sites (N-methyl/N-ethyl adjacent to an activating group) is 1. The fourth-order valence-electron chi connectivity index (χ4n) is 8.82. The molecule has 5 aromatic rings. The second kappa shape index (κ2) is 29.9. The number of fused-ring (bicyclic) bond motifs is 1. The smallest absolute Gasteiger partial charge is 0.327 e. The summed E-state index contributed by atoms with van der Waals surface area (Å²) < 4.78 is 0. The maximum absolute atomic E-state index is 15.1. The number of ketones is 1. The summed E-state index contributed by atoms with van der Waals surface area (Å²) in [6, 6.07) is 25.9. The Bertz CT molecular complexity index is 2980. The molecule has 1 aliphatic heterocycles. The Morgan fingerprint density at radius 2 is 1.10 bits per heavy atom. The minimum atomic E-state index is -1.96. The van der Waals surface area contributed by atoms with E-state index in [9.17, 15) is 53.7 Å². The number of carbonyl (C=O) groups is 9. The summed E-state index contributed by atoms with van der Waals surface area (Å²) in [5.74, 6) is -11.5. The van der Waals surface area contributed by atoms with Gasteiger partial charge in [-0.05, 0) is 84.5 Å². The van der Waals surface area contributed by atoms with Crippen LogP contribution in [0.4, 0.5) is 0 Å². The third-order valence-corrected chi connectivity index (χ3v) is 15.7. The molecular weight excluding hydrogens is 1070 g/mol. The number of hydrogen-bond acceptors (Lipinski definition) is 15. The number of aromatic hydroxyl groups is 1. The van der Waals surface area contributed by atoms with Gasteiger partial charge in [0.2, 0.25) is 29.5 Å². The van der Waals surface area contributed by atoms with E-state index in [1.54, 1.807) is 84.9 Å². The Morgan fingerprint density at radius 3 is 1.68 bits per heavy atom. The Hall–Kier alpha value is -7.83. The van der Waals surface area contributed by atoms with Crippen LogP contribution in [-0.4, -0.2) is 147 Å². The molecule has 80 heavy (non-hydrogen) atoms. The maximum atomic E-state index is 15.1. The molecule has 424 valence electrons. The number of nitrogens with one attached hydrogen (secondary N) is 6. The topological polar surface area (TPSA) is 342 Å². The highest BCUT2D eigenvalue weighted by Gasteiger charge is 2.41. The van der Waals surface area contributed by atoms with Gasteiger partial charge in [0.25, 0.3) is 11.8 Å². The largest absolute Gasteiger partial charge is 0.508 e. The quantitative estimate of drug-likeness (QED) is 0.0428. The van der Waals surface area contributed by atoms with Crippen molar-refractivity contribution in [3.8, 4) is 5.75 Å². The fourth-order valence-corrected chi connectivity index (χ4v) is 11.1. The Kier molecular flexibility index (Phi) is 23.0. The van der Waals surface area contributed by atoms with Gasteiger partial charge in [0.15, 0.2) is 11.9 Å². The highest BCUT2D eigenvalue weighted by molar-refractivity contribution is 8.76. The molecule has 0 saturated carbocycles. The second-order valence-corrected chi connectivity index (χ2v) is 21.9. The molecule has 21 nitrogen and oxygen atoms in total. The molecule has 0 unspecified atom stereocenters. The van der Waals surface area contributed by atoms with Crippen LogP contribution in [0.2, 0.25) is 0 Å². The minimum Gasteiger partial charge on any atom is -0.508 e. The normalized spacial score (nSPS) is 22.9. The zero-order chi connectivity index (χ0) is 57.9. The molecule has 1 saturated heterocycles. The highest BCUT2D eigenvalue weighted by Crippen LogP contribution is 2.24. The zero-order valence-corrected chi connectivity index (χ0v) is 45.8. The van der Waals surface area contributed by atoms with Crippen LogP contribution in [0.1, 0.15) is 53.2 Å². The molecule has 7 amide bonds. The van der Waals surface area contributed by atoms with Gasteiger partial charge in [-0.3, -0.25) is 38.4 Å². The van der Waals surface area contributed by atoms with Crippen LogP contribution in [0.5, 0.6) is 5.75 Å². The summed E-state index contributed by atoms with van der Waals surface area (Å²) in [4.78, 5) is 130. The number of phenols is 1. The van der Waals surface area contributed by atoms with Crippen molar-refractivity contribution in [3.63, 3.8) is 0 Å². The second-order valence-electron chi connectivity index (χ2n) is 19.4. The molecule has 1 heterocycles. The van der Waals surface area contributed by atoms with Gasteiger partial charge in [0, 0.05) is 43.4 Å². The maximum Gasteiger partial charge on any atom is 0.327 e. The van der Waals surface area contributed by atoms with E-state index in [4.69, 9.17) is 11.5 Å². The van der Waals surface area contributed by atoms with Crippen LogP contribution in [-0.2, 0) is 57.6 Å². The van der Waals surface area contributed by atoms with E-state index >= 15 is 4.79 Å². The van der Waals surface area contributed by atoms with Crippen LogP contribution in [0.3, 0.4) is 0 Å². The number of carboxylic acids is 1. The molecule has 1 fully saturated rings. The van der Waals surface area contributed by atoms with E-state index in [1.165, 1.54) is 44.3 Å². The number of carbonyl (C=O) groups excluding carboxylic acids is 8. The Labute approximate surface area is 470 Å². The lowest BCUT2D eigenvalue weighted by Crippen LogP contribution is -2.63. The molecule has 0 aliphatic carbocycles. The van der Waals surface area contributed by atoms with Crippen LogP contribution in [0.15, 0.2) is 127 Å². The first-order chi connectivity index (χ1) is 38.3. The standard InChI is InChI=1S/C57H67N9O12S2/c1-33(67)47-48(69)42(19-11-12-26-58)60-55(75)49(66(2)56(76)39-23-22-37-17-9-10-18-38(37)30-39)65-53(73)45(29-36-20-24-40(68)25-21-36)62-51(71)43(27-34-13-5-3-6-14-34)61-50(70)41(59)31-79-80-32-46(57(77)78)64-52(72)44(63-54(47)74)28-35-15-7-4-8-16-35/h3-10,13-18,20-25,30,33,41-47,49,67-68H,11-12,19,26-29,31-32,58-59H2,1-2H3,(H,60,75)(H,61,70)(H,62,71)(H,63,74)(H,64,72)(H,65,73)(H,77,78)/t33-,41+,42+,43+,44+,45+,46+,47+,49-/m1/s1. The number of nitrogens with zero attached hydrogens (tertiary/aromatic N) is 1. The fraction of sp³-hybridized carbons (Fsp3) is 0.351. The number of rotatable bonds is 14. The number of amides is 7. The van der Waals surface area contributed by atoms with Gasteiger partial charge in [-0.2, -0.15) is 0 Å². The number of carboxylic acid groups (broad SMARTS) is 1.